The minimum atomic E-state index is -0.547. The highest BCUT2D eigenvalue weighted by Gasteiger charge is 2.16. The summed E-state index contributed by atoms with van der Waals surface area (Å²) >= 11 is 0. The molecule has 0 saturated carbocycles. The summed E-state index contributed by atoms with van der Waals surface area (Å²) in [5, 5.41) is 0. The zero-order chi connectivity index (χ0) is 14.4. The molecule has 0 N–H and O–H groups in total. The summed E-state index contributed by atoms with van der Waals surface area (Å²) < 4.78 is 10.0. The molecular formula is C16H16O4. The lowest BCUT2D eigenvalue weighted by atomic mass is 10.1. The Hall–Kier alpha value is -2.36. The highest BCUT2D eigenvalue weighted by Crippen LogP contribution is 2.13. The molecule has 0 saturated heterocycles. The number of carbonyl (C=O) groups is 2. The summed E-state index contributed by atoms with van der Waals surface area (Å²) in [7, 11) is 0. The Labute approximate surface area is 117 Å². The summed E-state index contributed by atoms with van der Waals surface area (Å²) in [5.74, 6) is -0.405. The van der Waals surface area contributed by atoms with Crippen LogP contribution in [0.3, 0.4) is 0 Å². The molecular weight excluding hydrogens is 256 g/mol. The van der Waals surface area contributed by atoms with Crippen LogP contribution in [0.4, 0.5) is 0 Å². The van der Waals surface area contributed by atoms with E-state index in [-0.39, 0.29) is 23.9 Å². The highest BCUT2D eigenvalue weighted by atomic mass is 16.5. The smallest absolute Gasteiger partial charge is 0.374 e. The number of Topliss-reactive ketones (excluding diaryl/α,β-unsaturated/α-hetero) is 1. The van der Waals surface area contributed by atoms with Gasteiger partial charge < -0.3 is 9.15 Å². The molecule has 20 heavy (non-hydrogen) atoms. The van der Waals surface area contributed by atoms with Crippen molar-refractivity contribution in [3.05, 3.63) is 59.5 Å². The molecule has 0 amide bonds. The second kappa shape index (κ2) is 6.70. The van der Waals surface area contributed by atoms with Crippen LogP contribution < -0.4 is 0 Å². The van der Waals surface area contributed by atoms with Crippen LogP contribution in [0.25, 0.3) is 0 Å². The van der Waals surface area contributed by atoms with Crippen LogP contribution >= 0.6 is 0 Å². The Balaban J connectivity index is 1.94. The fraction of sp³-hybridized carbons (Fsp3) is 0.250. The van der Waals surface area contributed by atoms with E-state index in [4.69, 9.17) is 9.15 Å². The number of benzene rings is 1. The van der Waals surface area contributed by atoms with Gasteiger partial charge in [-0.25, -0.2) is 4.79 Å². The molecule has 2 aromatic rings. The van der Waals surface area contributed by atoms with Crippen molar-refractivity contribution in [3.63, 3.8) is 0 Å². The largest absolute Gasteiger partial charge is 0.460 e. The quantitative estimate of drug-likeness (QED) is 0.598. The van der Waals surface area contributed by atoms with Gasteiger partial charge in [-0.15, -0.1) is 0 Å². The van der Waals surface area contributed by atoms with E-state index in [1.165, 1.54) is 12.1 Å². The van der Waals surface area contributed by atoms with E-state index in [2.05, 4.69) is 0 Å². The Morgan fingerprint density at radius 3 is 2.45 bits per heavy atom. The number of ketones is 1. The van der Waals surface area contributed by atoms with Crippen molar-refractivity contribution in [3.8, 4) is 0 Å². The van der Waals surface area contributed by atoms with Crippen molar-refractivity contribution in [2.45, 2.75) is 19.8 Å². The predicted molar refractivity (Wildman–Crippen MR) is 73.8 cm³/mol. The standard InChI is InChI=1S/C16H16O4/c1-2-19-16(18)15-11-10-14(20-15)13(17)9-8-12-6-4-3-5-7-12/h3-7,10-11H,2,8-9H2,1H3. The first-order chi connectivity index (χ1) is 9.70. The maximum absolute atomic E-state index is 12.0. The number of esters is 1. The summed E-state index contributed by atoms with van der Waals surface area (Å²) in [6.07, 6.45) is 0.995. The van der Waals surface area contributed by atoms with Crippen molar-refractivity contribution < 1.29 is 18.7 Å². The topological polar surface area (TPSA) is 56.5 Å². The predicted octanol–water partition coefficient (Wildman–Crippen LogP) is 3.27. The van der Waals surface area contributed by atoms with E-state index >= 15 is 0 Å². The van der Waals surface area contributed by atoms with Gasteiger partial charge in [-0.05, 0) is 31.0 Å². The van der Waals surface area contributed by atoms with Gasteiger partial charge in [0.15, 0.2) is 11.5 Å². The molecule has 0 bridgehead atoms. The third-order valence-corrected chi connectivity index (χ3v) is 2.84. The first-order valence-corrected chi connectivity index (χ1v) is 6.54. The van der Waals surface area contributed by atoms with Crippen LogP contribution in [0.1, 0.15) is 40.0 Å². The monoisotopic (exact) mass is 272 g/mol. The van der Waals surface area contributed by atoms with Gasteiger partial charge in [0.1, 0.15) is 0 Å². The number of rotatable bonds is 6. The molecule has 4 heteroatoms. The van der Waals surface area contributed by atoms with Crippen molar-refractivity contribution in [1.82, 2.24) is 0 Å². The van der Waals surface area contributed by atoms with Gasteiger partial charge in [0.2, 0.25) is 5.76 Å². The molecule has 2 rings (SSSR count). The van der Waals surface area contributed by atoms with E-state index in [0.717, 1.165) is 5.56 Å². The zero-order valence-electron chi connectivity index (χ0n) is 11.3. The summed E-state index contributed by atoms with van der Waals surface area (Å²) in [6.45, 7) is 1.99. The number of hydrogen-bond donors (Lipinski definition) is 0. The van der Waals surface area contributed by atoms with E-state index in [1.807, 2.05) is 30.3 Å². The van der Waals surface area contributed by atoms with Crippen LogP contribution in [0, 0.1) is 0 Å². The van der Waals surface area contributed by atoms with Crippen molar-refractivity contribution in [2.24, 2.45) is 0 Å². The normalized spacial score (nSPS) is 10.2. The van der Waals surface area contributed by atoms with E-state index in [0.29, 0.717) is 12.8 Å². The zero-order valence-corrected chi connectivity index (χ0v) is 11.3. The Bertz CT molecular complexity index is 584. The number of carbonyl (C=O) groups excluding carboxylic acids is 2. The van der Waals surface area contributed by atoms with Crippen LogP contribution in [-0.4, -0.2) is 18.4 Å². The first-order valence-electron chi connectivity index (χ1n) is 6.54. The van der Waals surface area contributed by atoms with Gasteiger partial charge in [-0.3, -0.25) is 4.79 Å². The fourth-order valence-corrected chi connectivity index (χ4v) is 1.83. The Morgan fingerprint density at radius 2 is 1.75 bits per heavy atom. The summed E-state index contributed by atoms with van der Waals surface area (Å²) in [6, 6.07) is 12.7. The highest BCUT2D eigenvalue weighted by molar-refractivity contribution is 5.95. The fourth-order valence-electron chi connectivity index (χ4n) is 1.83. The SMILES string of the molecule is CCOC(=O)c1ccc(C(=O)CCc2ccccc2)o1. The second-order valence-corrected chi connectivity index (χ2v) is 4.29. The van der Waals surface area contributed by atoms with Gasteiger partial charge in [-0.2, -0.15) is 0 Å². The van der Waals surface area contributed by atoms with Gasteiger partial charge in [0.25, 0.3) is 0 Å². The van der Waals surface area contributed by atoms with Crippen LogP contribution in [0.5, 0.6) is 0 Å². The molecule has 0 aliphatic rings. The Kier molecular flexibility index (Phi) is 4.71. The lowest BCUT2D eigenvalue weighted by Crippen LogP contribution is -2.03. The van der Waals surface area contributed by atoms with E-state index < -0.39 is 5.97 Å². The summed E-state index contributed by atoms with van der Waals surface area (Å²) in [5.41, 5.74) is 1.10. The second-order valence-electron chi connectivity index (χ2n) is 4.29. The minimum absolute atomic E-state index is 0.0647. The van der Waals surface area contributed by atoms with Gasteiger partial charge in [0.05, 0.1) is 6.61 Å². The van der Waals surface area contributed by atoms with Crippen molar-refractivity contribution >= 4 is 11.8 Å². The number of furan rings is 1. The van der Waals surface area contributed by atoms with Crippen molar-refractivity contribution in [1.29, 1.82) is 0 Å². The lowest BCUT2D eigenvalue weighted by Gasteiger charge is -1.99. The maximum atomic E-state index is 12.0. The molecule has 0 aliphatic carbocycles. The molecule has 104 valence electrons. The van der Waals surface area contributed by atoms with Crippen molar-refractivity contribution in [2.75, 3.05) is 6.61 Å². The van der Waals surface area contributed by atoms with Gasteiger partial charge >= 0.3 is 5.97 Å². The number of hydrogen-bond acceptors (Lipinski definition) is 4. The lowest BCUT2D eigenvalue weighted by molar-refractivity contribution is 0.0488. The van der Waals surface area contributed by atoms with Gasteiger partial charge in [-0.1, -0.05) is 30.3 Å². The molecule has 1 aromatic carbocycles. The molecule has 4 nitrogen and oxygen atoms in total. The number of ether oxygens (including phenoxy) is 1. The van der Waals surface area contributed by atoms with Crippen LogP contribution in [0.2, 0.25) is 0 Å². The molecule has 0 aliphatic heterocycles. The molecule has 1 heterocycles. The van der Waals surface area contributed by atoms with Crippen LogP contribution in [-0.2, 0) is 11.2 Å². The molecule has 1 aromatic heterocycles. The van der Waals surface area contributed by atoms with Crippen LogP contribution in [0.15, 0.2) is 46.9 Å². The van der Waals surface area contributed by atoms with E-state index in [1.54, 1.807) is 6.92 Å². The minimum Gasteiger partial charge on any atom is -0.460 e. The maximum Gasteiger partial charge on any atom is 0.374 e. The molecule has 0 radical (unpaired) electrons. The molecule has 0 spiro atoms. The third-order valence-electron chi connectivity index (χ3n) is 2.84. The molecule has 0 atom stereocenters. The summed E-state index contributed by atoms with van der Waals surface area (Å²) in [4.78, 5) is 23.4. The first kappa shape index (κ1) is 14.1. The average Bonchev–Trinajstić information content (AvgIpc) is 2.96. The third kappa shape index (κ3) is 3.57. The Morgan fingerprint density at radius 1 is 1.05 bits per heavy atom. The van der Waals surface area contributed by atoms with Gasteiger partial charge in [0, 0.05) is 6.42 Å². The molecule has 0 unspecified atom stereocenters. The molecule has 0 fully saturated rings. The van der Waals surface area contributed by atoms with E-state index in [9.17, 15) is 9.59 Å². The average molecular weight is 272 g/mol. The number of aryl methyl sites for hydroxylation is 1.